The highest BCUT2D eigenvalue weighted by Gasteiger charge is 2.30. The van der Waals surface area contributed by atoms with Gasteiger partial charge in [0.1, 0.15) is 17.2 Å². The molecule has 6 nitrogen and oxygen atoms in total. The summed E-state index contributed by atoms with van der Waals surface area (Å²) in [6.45, 7) is 3.79. The molecule has 1 amide bonds. The van der Waals surface area contributed by atoms with Crippen molar-refractivity contribution in [2.24, 2.45) is 0 Å². The third-order valence-corrected chi connectivity index (χ3v) is 6.23. The number of rotatable bonds is 7. The summed E-state index contributed by atoms with van der Waals surface area (Å²) in [5.41, 5.74) is 1.78. The number of benzene rings is 2. The minimum Gasteiger partial charge on any atom is -0.494 e. The van der Waals surface area contributed by atoms with E-state index in [4.69, 9.17) is 44.9 Å². The Bertz CT molecular complexity index is 1200. The van der Waals surface area contributed by atoms with Crippen molar-refractivity contribution >= 4 is 63.3 Å². The molecular weight excluding hydrogens is 503 g/mol. The summed E-state index contributed by atoms with van der Waals surface area (Å²) in [6, 6.07) is 10.2. The maximum absolute atomic E-state index is 13.8. The molecule has 0 fully saturated rings. The molecule has 3 aromatic rings. The highest BCUT2D eigenvalue weighted by molar-refractivity contribution is 8.13. The van der Waals surface area contributed by atoms with Crippen molar-refractivity contribution in [2.75, 3.05) is 18.3 Å². The fourth-order valence-electron chi connectivity index (χ4n) is 3.35. The van der Waals surface area contributed by atoms with Gasteiger partial charge >= 0.3 is 0 Å². The molecule has 0 bridgehead atoms. The average Bonchev–Trinajstić information content (AvgIpc) is 3.23. The summed E-state index contributed by atoms with van der Waals surface area (Å²) in [5.74, 6) is -0.491. The number of amides is 1. The van der Waals surface area contributed by atoms with Crippen LogP contribution in [0.4, 0.5) is 5.69 Å². The zero-order chi connectivity index (χ0) is 24.1. The molecule has 1 unspecified atom stereocenters. The quantitative estimate of drug-likeness (QED) is 0.209. The molecule has 10 heteroatoms. The molecule has 2 aromatic carbocycles. The standard InChI is InChI=1S/C23H21Cl3N4O2S/c1-4-5-17(16-8-6-14(24)10-18(16)25)22(31)30(23(27)33-3)15-7-9-19(20(11-15)32-2)29-12-21(26)28-13-29/h4,6-13,17,27H,1,5H2,2-3H3. The van der Waals surface area contributed by atoms with Crippen molar-refractivity contribution in [1.29, 1.82) is 5.41 Å². The van der Waals surface area contributed by atoms with E-state index in [9.17, 15) is 4.79 Å². The summed E-state index contributed by atoms with van der Waals surface area (Å²) >= 11 is 19.6. The van der Waals surface area contributed by atoms with Gasteiger partial charge in [-0.15, -0.1) is 6.58 Å². The van der Waals surface area contributed by atoms with E-state index < -0.39 is 5.92 Å². The lowest BCUT2D eigenvalue weighted by molar-refractivity contribution is -0.119. The van der Waals surface area contributed by atoms with E-state index in [2.05, 4.69) is 11.6 Å². The first-order chi connectivity index (χ1) is 15.8. The number of ether oxygens (including phenoxy) is 1. The van der Waals surface area contributed by atoms with Crippen LogP contribution in [-0.4, -0.2) is 34.0 Å². The molecule has 1 heterocycles. The van der Waals surface area contributed by atoms with Gasteiger partial charge in [-0.3, -0.25) is 15.1 Å². The van der Waals surface area contributed by atoms with Crippen LogP contribution in [0, 0.1) is 5.41 Å². The number of carbonyl (C=O) groups is 1. The molecule has 0 spiro atoms. The number of nitrogens with one attached hydrogen (secondary N) is 1. The monoisotopic (exact) mass is 522 g/mol. The number of imidazole rings is 1. The van der Waals surface area contributed by atoms with Gasteiger partial charge < -0.3 is 9.30 Å². The Morgan fingerprint density at radius 2 is 2.06 bits per heavy atom. The Morgan fingerprint density at radius 3 is 2.64 bits per heavy atom. The predicted molar refractivity (Wildman–Crippen MR) is 138 cm³/mol. The van der Waals surface area contributed by atoms with E-state index in [-0.39, 0.29) is 11.1 Å². The van der Waals surface area contributed by atoms with Crippen molar-refractivity contribution in [3.05, 3.63) is 82.3 Å². The number of halogens is 3. The second-order valence-corrected chi connectivity index (χ2v) is 8.91. The first-order valence-electron chi connectivity index (χ1n) is 9.71. The number of hydrogen-bond donors (Lipinski definition) is 1. The molecule has 1 N–H and O–H groups in total. The molecule has 3 rings (SSSR count). The summed E-state index contributed by atoms with van der Waals surface area (Å²) in [5, 5.41) is 9.75. The van der Waals surface area contributed by atoms with Gasteiger partial charge in [-0.05, 0) is 42.5 Å². The van der Waals surface area contributed by atoms with Crippen molar-refractivity contribution in [1.82, 2.24) is 9.55 Å². The van der Waals surface area contributed by atoms with Crippen LogP contribution in [-0.2, 0) is 4.79 Å². The predicted octanol–water partition coefficient (Wildman–Crippen LogP) is 6.83. The Kier molecular flexibility index (Phi) is 8.48. The molecule has 0 aliphatic carbocycles. The average molecular weight is 524 g/mol. The van der Waals surface area contributed by atoms with Gasteiger partial charge in [0.2, 0.25) is 5.91 Å². The van der Waals surface area contributed by atoms with Gasteiger partial charge in [0, 0.05) is 22.3 Å². The Labute approximate surface area is 211 Å². The van der Waals surface area contributed by atoms with Crippen LogP contribution in [0.5, 0.6) is 5.75 Å². The van der Waals surface area contributed by atoms with Crippen LogP contribution in [0.3, 0.4) is 0 Å². The smallest absolute Gasteiger partial charge is 0.241 e. The molecule has 0 aliphatic rings. The molecule has 0 aliphatic heterocycles. The molecule has 1 atom stereocenters. The van der Waals surface area contributed by atoms with Gasteiger partial charge in [-0.1, -0.05) is 58.7 Å². The fraction of sp³-hybridized carbons (Fsp3) is 0.174. The van der Waals surface area contributed by atoms with Gasteiger partial charge in [0.05, 0.1) is 24.4 Å². The van der Waals surface area contributed by atoms with E-state index in [0.29, 0.717) is 44.3 Å². The lowest BCUT2D eigenvalue weighted by Crippen LogP contribution is -2.38. The van der Waals surface area contributed by atoms with Crippen molar-refractivity contribution in [3.63, 3.8) is 0 Å². The van der Waals surface area contributed by atoms with Crippen LogP contribution in [0.1, 0.15) is 17.9 Å². The third kappa shape index (κ3) is 5.55. The summed E-state index contributed by atoms with van der Waals surface area (Å²) in [6.07, 6.45) is 6.94. The topological polar surface area (TPSA) is 71.2 Å². The number of allylic oxidation sites excluding steroid dienone is 1. The first-order valence-corrected chi connectivity index (χ1v) is 12.1. The number of anilines is 1. The number of methoxy groups -OCH3 is 1. The van der Waals surface area contributed by atoms with E-state index in [1.807, 2.05) is 0 Å². The fourth-order valence-corrected chi connectivity index (χ4v) is 4.42. The zero-order valence-corrected chi connectivity index (χ0v) is 21.0. The van der Waals surface area contributed by atoms with Gasteiger partial charge in [0.15, 0.2) is 5.17 Å². The first kappa shape index (κ1) is 25.2. The second-order valence-electron chi connectivity index (χ2n) is 6.89. The number of nitrogens with zero attached hydrogens (tertiary/aromatic N) is 3. The van der Waals surface area contributed by atoms with Gasteiger partial charge in [0.25, 0.3) is 0 Å². The summed E-state index contributed by atoms with van der Waals surface area (Å²) in [7, 11) is 1.53. The van der Waals surface area contributed by atoms with Crippen molar-refractivity contribution in [3.8, 4) is 11.4 Å². The molecule has 0 saturated heterocycles. The van der Waals surface area contributed by atoms with E-state index in [0.717, 1.165) is 11.8 Å². The van der Waals surface area contributed by atoms with Crippen LogP contribution in [0.15, 0.2) is 61.6 Å². The SMILES string of the molecule is C=CCC(C(=O)N(C(=N)SC)c1ccc(-n2cnc(Cl)c2)c(OC)c1)c1ccc(Cl)cc1Cl. The molecule has 0 radical (unpaired) electrons. The number of hydrogen-bond acceptors (Lipinski definition) is 5. The maximum atomic E-state index is 13.8. The second kappa shape index (κ2) is 11.1. The molecule has 0 saturated carbocycles. The van der Waals surface area contributed by atoms with E-state index in [1.54, 1.807) is 65.8 Å². The van der Waals surface area contributed by atoms with Gasteiger partial charge in [-0.2, -0.15) is 0 Å². The highest BCUT2D eigenvalue weighted by Crippen LogP contribution is 2.35. The highest BCUT2D eigenvalue weighted by atomic mass is 35.5. The number of carbonyl (C=O) groups excluding carboxylic acids is 1. The molecule has 172 valence electrons. The lowest BCUT2D eigenvalue weighted by Gasteiger charge is -2.28. The van der Waals surface area contributed by atoms with Crippen molar-refractivity contribution in [2.45, 2.75) is 12.3 Å². The Hall–Kier alpha value is -2.45. The van der Waals surface area contributed by atoms with Crippen LogP contribution in [0.25, 0.3) is 5.69 Å². The van der Waals surface area contributed by atoms with E-state index in [1.165, 1.54) is 12.0 Å². The Balaban J connectivity index is 2.08. The summed E-state index contributed by atoms with van der Waals surface area (Å²) in [4.78, 5) is 19.2. The largest absolute Gasteiger partial charge is 0.494 e. The lowest BCUT2D eigenvalue weighted by atomic mass is 9.94. The third-order valence-electron chi connectivity index (χ3n) is 4.91. The Morgan fingerprint density at radius 1 is 1.30 bits per heavy atom. The number of amidine groups is 1. The number of thioether (sulfide) groups is 1. The maximum Gasteiger partial charge on any atom is 0.241 e. The molecule has 33 heavy (non-hydrogen) atoms. The minimum absolute atomic E-state index is 0.0552. The zero-order valence-electron chi connectivity index (χ0n) is 17.9. The van der Waals surface area contributed by atoms with Crippen LogP contribution < -0.4 is 9.64 Å². The van der Waals surface area contributed by atoms with Crippen LogP contribution >= 0.6 is 46.6 Å². The normalized spacial score (nSPS) is 11.7. The molecule has 1 aromatic heterocycles. The van der Waals surface area contributed by atoms with Gasteiger partial charge in [-0.25, -0.2) is 4.98 Å². The minimum atomic E-state index is -0.655. The van der Waals surface area contributed by atoms with Crippen LogP contribution in [0.2, 0.25) is 15.2 Å². The molecular formula is C23H21Cl3N4O2S. The number of aromatic nitrogens is 2. The summed E-state index contributed by atoms with van der Waals surface area (Å²) < 4.78 is 7.27. The van der Waals surface area contributed by atoms with Crippen molar-refractivity contribution < 1.29 is 9.53 Å². The van der Waals surface area contributed by atoms with E-state index >= 15 is 0 Å².